The summed E-state index contributed by atoms with van der Waals surface area (Å²) in [6, 6.07) is 0. The lowest BCUT2D eigenvalue weighted by molar-refractivity contribution is 0.0526. The van der Waals surface area contributed by atoms with Gasteiger partial charge in [-0.05, 0) is 34.1 Å². The maximum Gasteiger partial charge on any atom is 0.410 e. The Balaban J connectivity index is 3.74. The highest BCUT2D eigenvalue weighted by Crippen LogP contribution is 2.06. The summed E-state index contributed by atoms with van der Waals surface area (Å²) in [6.07, 6.45) is -0.353. The third-order valence-corrected chi connectivity index (χ3v) is 2.00. The Morgan fingerprint density at radius 3 is 2.42 bits per heavy atom. The molecular weight excluding hydrogens is 272 g/mol. The van der Waals surface area contributed by atoms with E-state index >= 15 is 0 Å². The Hall–Kier alpha value is -1.17. The largest absolute Gasteiger partial charge is 0.444 e. The summed E-state index contributed by atoms with van der Waals surface area (Å²) in [4.78, 5) is 24.1. The molecule has 0 aromatic heterocycles. The summed E-state index contributed by atoms with van der Waals surface area (Å²) in [5.74, 6) is 0. The summed E-state index contributed by atoms with van der Waals surface area (Å²) in [5, 5.41) is 2.61. The summed E-state index contributed by atoms with van der Waals surface area (Å²) < 4.78 is 9.87. The molecule has 7 heteroatoms. The van der Waals surface area contributed by atoms with Crippen LogP contribution in [0.5, 0.6) is 0 Å². The Labute approximate surface area is 119 Å². The highest BCUT2D eigenvalue weighted by Gasteiger charge is 2.16. The van der Waals surface area contributed by atoms with Gasteiger partial charge in [0.05, 0.1) is 0 Å². The molecule has 0 fully saturated rings. The van der Waals surface area contributed by atoms with Gasteiger partial charge in [-0.2, -0.15) is 0 Å². The normalized spacial score (nSPS) is 12.5. The molecule has 1 unspecified atom stereocenters. The Kier molecular flexibility index (Phi) is 7.59. The van der Waals surface area contributed by atoms with E-state index in [1.807, 2.05) is 0 Å². The van der Waals surface area contributed by atoms with Crippen LogP contribution >= 0.6 is 11.6 Å². The van der Waals surface area contributed by atoms with Crippen LogP contribution in [-0.2, 0) is 9.47 Å². The van der Waals surface area contributed by atoms with Crippen molar-refractivity contribution in [2.45, 2.75) is 45.3 Å². The molecule has 1 N–H and O–H groups in total. The standard InChI is InChI=1S/C12H23ClN2O4/c1-9(13)18-11(17)15(5)8-6-7-14-10(16)19-12(2,3)4/h9H,6-8H2,1-5H3,(H,14,16). The Morgan fingerprint density at radius 1 is 1.37 bits per heavy atom. The Morgan fingerprint density at radius 2 is 1.95 bits per heavy atom. The van der Waals surface area contributed by atoms with Gasteiger partial charge >= 0.3 is 12.2 Å². The van der Waals surface area contributed by atoms with E-state index in [-0.39, 0.29) is 0 Å². The van der Waals surface area contributed by atoms with Gasteiger partial charge < -0.3 is 19.7 Å². The second-order valence-corrected chi connectivity index (χ2v) is 5.75. The maximum atomic E-state index is 11.4. The van der Waals surface area contributed by atoms with E-state index in [1.165, 1.54) is 4.90 Å². The number of carbonyl (C=O) groups excluding carboxylic acids is 2. The number of carbonyl (C=O) groups is 2. The van der Waals surface area contributed by atoms with Crippen molar-refractivity contribution in [1.29, 1.82) is 0 Å². The molecule has 0 aliphatic rings. The summed E-state index contributed by atoms with van der Waals surface area (Å²) in [6.45, 7) is 7.83. The van der Waals surface area contributed by atoms with E-state index in [0.717, 1.165) is 0 Å². The van der Waals surface area contributed by atoms with Crippen molar-refractivity contribution in [1.82, 2.24) is 10.2 Å². The lowest BCUT2D eigenvalue weighted by Gasteiger charge is -2.20. The van der Waals surface area contributed by atoms with Crippen molar-refractivity contribution in [3.05, 3.63) is 0 Å². The van der Waals surface area contributed by atoms with E-state index in [9.17, 15) is 9.59 Å². The number of nitrogens with zero attached hydrogens (tertiary/aromatic N) is 1. The fourth-order valence-electron chi connectivity index (χ4n) is 1.14. The van der Waals surface area contributed by atoms with Gasteiger partial charge in [0.2, 0.25) is 0 Å². The highest BCUT2D eigenvalue weighted by atomic mass is 35.5. The minimum absolute atomic E-state index is 0.420. The molecule has 19 heavy (non-hydrogen) atoms. The van der Waals surface area contributed by atoms with Gasteiger partial charge in [0.25, 0.3) is 0 Å². The first-order chi connectivity index (χ1) is 8.61. The molecule has 112 valence electrons. The van der Waals surface area contributed by atoms with Crippen molar-refractivity contribution < 1.29 is 19.1 Å². The van der Waals surface area contributed by atoms with Gasteiger partial charge in [-0.1, -0.05) is 11.6 Å². The lowest BCUT2D eigenvalue weighted by Crippen LogP contribution is -2.35. The number of alkyl halides is 1. The van der Waals surface area contributed by atoms with Crippen LogP contribution in [0.2, 0.25) is 0 Å². The van der Waals surface area contributed by atoms with Crippen molar-refractivity contribution in [2.75, 3.05) is 20.1 Å². The zero-order chi connectivity index (χ0) is 15.1. The first-order valence-corrected chi connectivity index (χ1v) is 6.58. The average Bonchev–Trinajstić information content (AvgIpc) is 2.20. The number of rotatable bonds is 5. The predicted molar refractivity (Wildman–Crippen MR) is 73.3 cm³/mol. The van der Waals surface area contributed by atoms with E-state index < -0.39 is 23.4 Å². The number of halogens is 1. The van der Waals surface area contributed by atoms with Gasteiger partial charge in [0.15, 0.2) is 5.56 Å². The molecule has 0 bridgehead atoms. The smallest absolute Gasteiger partial charge is 0.410 e. The van der Waals surface area contributed by atoms with Gasteiger partial charge in [0.1, 0.15) is 5.60 Å². The summed E-state index contributed by atoms with van der Waals surface area (Å²) in [5.41, 5.74) is -1.17. The third kappa shape index (κ3) is 10.4. The highest BCUT2D eigenvalue weighted by molar-refractivity contribution is 6.19. The van der Waals surface area contributed by atoms with Crippen LogP contribution in [0.1, 0.15) is 34.1 Å². The van der Waals surface area contributed by atoms with E-state index in [1.54, 1.807) is 34.7 Å². The lowest BCUT2D eigenvalue weighted by atomic mass is 10.2. The Bertz CT molecular complexity index is 303. The van der Waals surface area contributed by atoms with Crippen LogP contribution in [0, 0.1) is 0 Å². The minimum atomic E-state index is -0.658. The maximum absolute atomic E-state index is 11.4. The molecule has 0 spiro atoms. The van der Waals surface area contributed by atoms with Crippen LogP contribution in [0.3, 0.4) is 0 Å². The first kappa shape index (κ1) is 17.8. The van der Waals surface area contributed by atoms with Crippen molar-refractivity contribution in [3.8, 4) is 0 Å². The first-order valence-electron chi connectivity index (χ1n) is 6.14. The van der Waals surface area contributed by atoms with Crippen LogP contribution in [0.25, 0.3) is 0 Å². The second kappa shape index (κ2) is 8.09. The predicted octanol–water partition coefficient (Wildman–Crippen LogP) is 2.55. The molecule has 0 radical (unpaired) electrons. The second-order valence-electron chi connectivity index (χ2n) is 5.13. The molecule has 0 aromatic carbocycles. The topological polar surface area (TPSA) is 67.9 Å². The fourth-order valence-corrected chi connectivity index (χ4v) is 1.22. The van der Waals surface area contributed by atoms with Gasteiger partial charge in [-0.15, -0.1) is 0 Å². The van der Waals surface area contributed by atoms with Crippen LogP contribution in [0.15, 0.2) is 0 Å². The number of alkyl carbamates (subject to hydrolysis) is 1. The molecule has 0 saturated carbocycles. The summed E-state index contributed by atoms with van der Waals surface area (Å²) in [7, 11) is 1.61. The number of hydrogen-bond acceptors (Lipinski definition) is 4. The minimum Gasteiger partial charge on any atom is -0.444 e. The van der Waals surface area contributed by atoms with E-state index in [2.05, 4.69) is 5.32 Å². The molecule has 0 aromatic rings. The summed E-state index contributed by atoms with van der Waals surface area (Å²) >= 11 is 5.54. The molecule has 0 heterocycles. The molecule has 1 atom stereocenters. The molecular formula is C12H23ClN2O4. The quantitative estimate of drug-likeness (QED) is 0.625. The molecule has 0 rings (SSSR count). The number of ether oxygens (including phenoxy) is 2. The zero-order valence-electron chi connectivity index (χ0n) is 12.2. The van der Waals surface area contributed by atoms with Crippen molar-refractivity contribution in [3.63, 3.8) is 0 Å². The third-order valence-electron chi connectivity index (χ3n) is 1.91. The average molecular weight is 295 g/mol. The fraction of sp³-hybridized carbons (Fsp3) is 0.833. The zero-order valence-corrected chi connectivity index (χ0v) is 12.9. The molecule has 0 aliphatic heterocycles. The van der Waals surface area contributed by atoms with Crippen LogP contribution in [0.4, 0.5) is 9.59 Å². The van der Waals surface area contributed by atoms with Crippen molar-refractivity contribution in [2.24, 2.45) is 0 Å². The molecule has 0 saturated heterocycles. The van der Waals surface area contributed by atoms with Gasteiger partial charge in [0, 0.05) is 20.1 Å². The number of nitrogens with one attached hydrogen (secondary N) is 1. The molecule has 2 amide bonds. The SMILES string of the molecule is CC(Cl)OC(=O)N(C)CCCNC(=O)OC(C)(C)C. The number of amides is 2. The van der Waals surface area contributed by atoms with Crippen molar-refractivity contribution >= 4 is 23.8 Å². The van der Waals surface area contributed by atoms with Crippen LogP contribution in [-0.4, -0.2) is 48.4 Å². The van der Waals surface area contributed by atoms with E-state index in [4.69, 9.17) is 21.1 Å². The number of hydrogen-bond donors (Lipinski definition) is 1. The van der Waals surface area contributed by atoms with Gasteiger partial charge in [-0.25, -0.2) is 9.59 Å². The molecule has 0 aliphatic carbocycles. The molecule has 6 nitrogen and oxygen atoms in total. The van der Waals surface area contributed by atoms with Crippen LogP contribution < -0.4 is 5.32 Å². The van der Waals surface area contributed by atoms with E-state index in [0.29, 0.717) is 19.5 Å². The van der Waals surface area contributed by atoms with Gasteiger partial charge in [-0.3, -0.25) is 0 Å². The monoisotopic (exact) mass is 294 g/mol.